The van der Waals surface area contributed by atoms with E-state index in [2.05, 4.69) is 48.5 Å². The largest absolute Gasteiger partial charge is 0.508 e. The number of hydrogen-bond acceptors (Lipinski definition) is 2. The van der Waals surface area contributed by atoms with Gasteiger partial charge in [-0.2, -0.15) is 0 Å². The molecule has 0 unspecified atom stereocenters. The van der Waals surface area contributed by atoms with E-state index in [1.54, 1.807) is 12.1 Å². The molecular weight excluding hydrogens is 368 g/mol. The summed E-state index contributed by atoms with van der Waals surface area (Å²) in [5, 5.41) is 26.8. The lowest BCUT2D eigenvalue weighted by Crippen LogP contribution is -2.34. The van der Waals surface area contributed by atoms with Crippen molar-refractivity contribution in [1.29, 1.82) is 0 Å². The number of aromatic hydroxyl groups is 2. The van der Waals surface area contributed by atoms with Crippen LogP contribution in [0.25, 0.3) is 21.5 Å². The molecule has 0 amide bonds. The quantitative estimate of drug-likeness (QED) is 0.349. The molecule has 0 aromatic heterocycles. The maximum atomic E-state index is 11.0. The Morgan fingerprint density at radius 1 is 0.500 bits per heavy atom. The molecule has 0 radical (unpaired) electrons. The molecule has 2 heteroatoms. The van der Waals surface area contributed by atoms with Crippen molar-refractivity contribution in [3.05, 3.63) is 119 Å². The van der Waals surface area contributed by atoms with Gasteiger partial charge >= 0.3 is 0 Å². The summed E-state index contributed by atoms with van der Waals surface area (Å²) in [4.78, 5) is 0. The molecule has 6 rings (SSSR count). The highest BCUT2D eigenvalue weighted by molar-refractivity contribution is 6.13. The van der Waals surface area contributed by atoms with Crippen LogP contribution < -0.4 is 0 Å². The minimum atomic E-state index is -0.696. The Kier molecular flexibility index (Phi) is 3.48. The minimum absolute atomic E-state index is 0.240. The lowest BCUT2D eigenvalue weighted by molar-refractivity contribution is 0.434. The second-order valence-corrected chi connectivity index (χ2v) is 8.10. The van der Waals surface area contributed by atoms with Gasteiger partial charge in [0.25, 0.3) is 0 Å². The van der Waals surface area contributed by atoms with Gasteiger partial charge in [-0.1, -0.05) is 84.9 Å². The molecule has 0 aliphatic heterocycles. The molecule has 30 heavy (non-hydrogen) atoms. The second-order valence-electron chi connectivity index (χ2n) is 8.10. The molecule has 0 fully saturated rings. The van der Waals surface area contributed by atoms with Gasteiger partial charge in [0, 0.05) is 11.1 Å². The summed E-state index contributed by atoms with van der Waals surface area (Å²) in [7, 11) is 0. The SMILES string of the molecule is Oc1ccccc1C1(c2ccccc2O)Cc2cccc3ccc4cccc1c4c23. The van der Waals surface area contributed by atoms with Crippen LogP contribution in [0, 0.1) is 0 Å². The third-order valence-electron chi connectivity index (χ3n) is 6.62. The van der Waals surface area contributed by atoms with Gasteiger partial charge in [-0.15, -0.1) is 0 Å². The van der Waals surface area contributed by atoms with Crippen LogP contribution in [0.3, 0.4) is 0 Å². The van der Waals surface area contributed by atoms with Gasteiger partial charge in [0.1, 0.15) is 11.5 Å². The number of benzene rings is 5. The van der Waals surface area contributed by atoms with E-state index in [0.717, 1.165) is 16.7 Å². The zero-order valence-electron chi connectivity index (χ0n) is 16.3. The van der Waals surface area contributed by atoms with Crippen molar-refractivity contribution in [2.45, 2.75) is 11.8 Å². The van der Waals surface area contributed by atoms with Crippen LogP contribution in [-0.4, -0.2) is 10.2 Å². The van der Waals surface area contributed by atoms with Crippen molar-refractivity contribution >= 4 is 21.5 Å². The summed E-state index contributed by atoms with van der Waals surface area (Å²) in [6, 6.07) is 32.2. The highest BCUT2D eigenvalue weighted by Crippen LogP contribution is 2.54. The van der Waals surface area contributed by atoms with E-state index in [-0.39, 0.29) is 11.5 Å². The summed E-state index contributed by atoms with van der Waals surface area (Å²) in [6.45, 7) is 0. The van der Waals surface area contributed by atoms with Crippen LogP contribution in [0.4, 0.5) is 0 Å². The summed E-state index contributed by atoms with van der Waals surface area (Å²) in [6.07, 6.45) is 0.662. The molecule has 1 aliphatic carbocycles. The number of phenols is 2. The fraction of sp³-hybridized carbons (Fsp3) is 0.0714. The van der Waals surface area contributed by atoms with Crippen molar-refractivity contribution in [2.24, 2.45) is 0 Å². The van der Waals surface area contributed by atoms with E-state index in [4.69, 9.17) is 0 Å². The van der Waals surface area contributed by atoms with Crippen LogP contribution >= 0.6 is 0 Å². The average Bonchev–Trinajstić information content (AvgIpc) is 2.78. The topological polar surface area (TPSA) is 40.5 Å². The van der Waals surface area contributed by atoms with E-state index in [1.807, 2.05) is 36.4 Å². The first kappa shape index (κ1) is 17.1. The molecule has 2 N–H and O–H groups in total. The summed E-state index contributed by atoms with van der Waals surface area (Å²) in [5.41, 5.74) is 3.27. The maximum absolute atomic E-state index is 11.0. The number of rotatable bonds is 2. The lowest BCUT2D eigenvalue weighted by atomic mass is 9.61. The molecule has 5 aromatic carbocycles. The standard InChI is InChI=1S/C28H20O2/c29-24-13-3-1-10-21(24)28(22-11-2-4-14-25(22)30)17-20-9-5-7-18-15-16-19-8-6-12-23(28)27(19)26(18)20/h1-16,29-30H,17H2. The highest BCUT2D eigenvalue weighted by Gasteiger charge is 2.44. The summed E-state index contributed by atoms with van der Waals surface area (Å²) >= 11 is 0. The molecule has 0 bridgehead atoms. The third-order valence-corrected chi connectivity index (χ3v) is 6.62. The Bertz CT molecular complexity index is 1400. The first-order valence-electron chi connectivity index (χ1n) is 10.2. The predicted octanol–water partition coefficient (Wildman–Crippen LogP) is 6.29. The Labute approximate surface area is 174 Å². The molecule has 0 spiro atoms. The van der Waals surface area contributed by atoms with Gasteiger partial charge in [-0.05, 0) is 51.2 Å². The average molecular weight is 388 g/mol. The van der Waals surface area contributed by atoms with Crippen LogP contribution in [-0.2, 0) is 11.8 Å². The molecule has 0 saturated carbocycles. The normalized spacial score (nSPS) is 14.4. The molecule has 0 heterocycles. The molecule has 0 saturated heterocycles. The van der Waals surface area contributed by atoms with E-state index in [9.17, 15) is 10.2 Å². The van der Waals surface area contributed by atoms with Gasteiger partial charge in [-0.25, -0.2) is 0 Å². The van der Waals surface area contributed by atoms with Crippen molar-refractivity contribution in [3.63, 3.8) is 0 Å². The number of phenolic OH excluding ortho intramolecular Hbond substituents is 2. The van der Waals surface area contributed by atoms with Crippen molar-refractivity contribution in [1.82, 2.24) is 0 Å². The monoisotopic (exact) mass is 388 g/mol. The Morgan fingerprint density at radius 2 is 1.03 bits per heavy atom. The number of hydrogen-bond donors (Lipinski definition) is 2. The molecular formula is C28H20O2. The lowest BCUT2D eigenvalue weighted by Gasteiger charge is -2.40. The van der Waals surface area contributed by atoms with Crippen LogP contribution in [0.2, 0.25) is 0 Å². The first-order chi connectivity index (χ1) is 14.7. The molecule has 5 aromatic rings. The highest BCUT2D eigenvalue weighted by atomic mass is 16.3. The molecule has 2 nitrogen and oxygen atoms in total. The van der Waals surface area contributed by atoms with Gasteiger partial charge in [0.2, 0.25) is 0 Å². The van der Waals surface area contributed by atoms with Gasteiger partial charge in [-0.3, -0.25) is 0 Å². The molecule has 144 valence electrons. The Hall–Kier alpha value is -3.78. The van der Waals surface area contributed by atoms with Crippen molar-refractivity contribution in [3.8, 4) is 11.5 Å². The Morgan fingerprint density at radius 3 is 1.67 bits per heavy atom. The predicted molar refractivity (Wildman–Crippen MR) is 121 cm³/mol. The summed E-state index contributed by atoms with van der Waals surface area (Å²) in [5.74, 6) is 0.480. The first-order valence-corrected chi connectivity index (χ1v) is 10.2. The van der Waals surface area contributed by atoms with Crippen LogP contribution in [0.15, 0.2) is 97.1 Å². The van der Waals surface area contributed by atoms with E-state index < -0.39 is 5.41 Å². The van der Waals surface area contributed by atoms with Gasteiger partial charge < -0.3 is 10.2 Å². The van der Waals surface area contributed by atoms with Crippen molar-refractivity contribution in [2.75, 3.05) is 0 Å². The smallest absolute Gasteiger partial charge is 0.120 e. The fourth-order valence-electron chi connectivity index (χ4n) is 5.41. The number of para-hydroxylation sites is 2. The van der Waals surface area contributed by atoms with E-state index in [1.165, 1.54) is 27.1 Å². The maximum Gasteiger partial charge on any atom is 0.120 e. The van der Waals surface area contributed by atoms with Crippen LogP contribution in [0.5, 0.6) is 11.5 Å². The Balaban J connectivity index is 1.87. The van der Waals surface area contributed by atoms with Gasteiger partial charge in [0.15, 0.2) is 0 Å². The zero-order chi connectivity index (χ0) is 20.3. The van der Waals surface area contributed by atoms with E-state index >= 15 is 0 Å². The fourth-order valence-corrected chi connectivity index (χ4v) is 5.41. The van der Waals surface area contributed by atoms with E-state index in [0.29, 0.717) is 6.42 Å². The minimum Gasteiger partial charge on any atom is -0.508 e. The van der Waals surface area contributed by atoms with Crippen LogP contribution in [0.1, 0.15) is 22.3 Å². The van der Waals surface area contributed by atoms with Gasteiger partial charge in [0.05, 0.1) is 5.41 Å². The second kappa shape index (κ2) is 6.11. The molecule has 0 atom stereocenters. The third kappa shape index (κ3) is 2.13. The molecule has 1 aliphatic rings. The van der Waals surface area contributed by atoms with Crippen molar-refractivity contribution < 1.29 is 10.2 Å². The zero-order valence-corrected chi connectivity index (χ0v) is 16.3. The summed E-state index contributed by atoms with van der Waals surface area (Å²) < 4.78 is 0.